The predicted octanol–water partition coefficient (Wildman–Crippen LogP) is 6.78. The number of hydrogen-bond donors (Lipinski definition) is 1. The Kier molecular flexibility index (Phi) is 5.83. The first-order chi connectivity index (χ1) is 16.2. The van der Waals surface area contributed by atoms with E-state index in [2.05, 4.69) is 4.98 Å². The average Bonchev–Trinajstić information content (AvgIpc) is 3.26. The SMILES string of the molecule is O=C(O)/C(=C/c1c(OCc2ccccc2)ccc2ccccc12)Sc1nc2ccccc2o1. The third kappa shape index (κ3) is 4.61. The maximum absolute atomic E-state index is 12.2. The fourth-order valence-electron chi connectivity index (χ4n) is 3.54. The highest BCUT2D eigenvalue weighted by atomic mass is 32.2. The zero-order chi connectivity index (χ0) is 22.6. The van der Waals surface area contributed by atoms with Crippen molar-refractivity contribution in [2.24, 2.45) is 0 Å². The Morgan fingerprint density at radius 1 is 0.939 bits per heavy atom. The molecule has 1 heterocycles. The molecule has 5 nitrogen and oxygen atoms in total. The molecule has 0 bridgehead atoms. The van der Waals surface area contributed by atoms with Crippen molar-refractivity contribution >= 4 is 45.7 Å². The molecule has 162 valence electrons. The topological polar surface area (TPSA) is 72.6 Å². The van der Waals surface area contributed by atoms with Gasteiger partial charge in [0.1, 0.15) is 22.8 Å². The van der Waals surface area contributed by atoms with E-state index in [-0.39, 0.29) is 10.1 Å². The second kappa shape index (κ2) is 9.22. The molecule has 6 heteroatoms. The summed E-state index contributed by atoms with van der Waals surface area (Å²) in [6, 6.07) is 28.9. The summed E-state index contributed by atoms with van der Waals surface area (Å²) in [6.45, 7) is 0.376. The first-order valence-corrected chi connectivity index (χ1v) is 11.2. The van der Waals surface area contributed by atoms with Crippen molar-refractivity contribution in [3.8, 4) is 5.75 Å². The lowest BCUT2D eigenvalue weighted by Gasteiger charge is -2.13. The van der Waals surface area contributed by atoms with Crippen LogP contribution in [0.15, 0.2) is 106 Å². The highest BCUT2D eigenvalue weighted by Gasteiger charge is 2.17. The lowest BCUT2D eigenvalue weighted by molar-refractivity contribution is -0.131. The summed E-state index contributed by atoms with van der Waals surface area (Å²) in [5.74, 6) is -0.460. The molecule has 33 heavy (non-hydrogen) atoms. The van der Waals surface area contributed by atoms with E-state index < -0.39 is 5.97 Å². The summed E-state index contributed by atoms with van der Waals surface area (Å²) < 4.78 is 11.9. The van der Waals surface area contributed by atoms with E-state index in [4.69, 9.17) is 9.15 Å². The summed E-state index contributed by atoms with van der Waals surface area (Å²) in [5, 5.41) is 12.1. The van der Waals surface area contributed by atoms with Crippen LogP contribution in [0.1, 0.15) is 11.1 Å². The van der Waals surface area contributed by atoms with Crippen molar-refractivity contribution in [1.29, 1.82) is 0 Å². The van der Waals surface area contributed by atoms with Crippen molar-refractivity contribution in [2.45, 2.75) is 11.8 Å². The number of oxazole rings is 1. The number of thioether (sulfide) groups is 1. The first kappa shape index (κ1) is 20.8. The number of aliphatic carboxylic acids is 1. The number of benzene rings is 4. The van der Waals surface area contributed by atoms with Gasteiger partial charge in [0.25, 0.3) is 5.22 Å². The van der Waals surface area contributed by atoms with E-state index in [1.54, 1.807) is 12.1 Å². The van der Waals surface area contributed by atoms with Gasteiger partial charge in [-0.3, -0.25) is 0 Å². The Labute approximate surface area is 194 Å². The highest BCUT2D eigenvalue weighted by Crippen LogP contribution is 2.35. The first-order valence-electron chi connectivity index (χ1n) is 10.3. The van der Waals surface area contributed by atoms with Crippen molar-refractivity contribution in [1.82, 2.24) is 4.98 Å². The molecule has 0 fully saturated rings. The minimum Gasteiger partial charge on any atom is -0.488 e. The molecule has 0 aliphatic carbocycles. The maximum atomic E-state index is 12.2. The van der Waals surface area contributed by atoms with Crippen molar-refractivity contribution in [3.05, 3.63) is 107 Å². The Morgan fingerprint density at radius 2 is 1.70 bits per heavy atom. The molecule has 1 aromatic heterocycles. The zero-order valence-electron chi connectivity index (χ0n) is 17.5. The largest absolute Gasteiger partial charge is 0.488 e. The molecule has 5 rings (SSSR count). The fraction of sp³-hybridized carbons (Fsp3) is 0.0370. The molecule has 0 aliphatic rings. The second-order valence-electron chi connectivity index (χ2n) is 7.34. The summed E-state index contributed by atoms with van der Waals surface area (Å²) in [4.78, 5) is 16.6. The summed E-state index contributed by atoms with van der Waals surface area (Å²) in [6.07, 6.45) is 1.63. The van der Waals surface area contributed by atoms with Gasteiger partial charge in [0.15, 0.2) is 5.58 Å². The van der Waals surface area contributed by atoms with Gasteiger partial charge in [-0.25, -0.2) is 9.78 Å². The van der Waals surface area contributed by atoms with Crippen LogP contribution in [0.4, 0.5) is 0 Å². The highest BCUT2D eigenvalue weighted by molar-refractivity contribution is 8.03. The van der Waals surface area contributed by atoms with Gasteiger partial charge < -0.3 is 14.3 Å². The number of carboxylic acid groups (broad SMARTS) is 1. The molecular formula is C27H19NO4S. The van der Waals surface area contributed by atoms with Crippen molar-refractivity contribution in [3.63, 3.8) is 0 Å². The number of hydrogen-bond acceptors (Lipinski definition) is 5. The zero-order valence-corrected chi connectivity index (χ0v) is 18.3. The van der Waals surface area contributed by atoms with Crippen LogP contribution >= 0.6 is 11.8 Å². The molecule has 0 amide bonds. The molecule has 5 aromatic rings. The van der Waals surface area contributed by atoms with Crippen molar-refractivity contribution in [2.75, 3.05) is 0 Å². The number of nitrogens with zero attached hydrogens (tertiary/aromatic N) is 1. The normalized spacial score (nSPS) is 11.7. The van der Waals surface area contributed by atoms with E-state index in [1.807, 2.05) is 84.9 Å². The van der Waals surface area contributed by atoms with E-state index in [0.29, 0.717) is 29.0 Å². The molecule has 0 saturated heterocycles. The number of rotatable bonds is 7. The van der Waals surface area contributed by atoms with Gasteiger partial charge in [-0.1, -0.05) is 72.8 Å². The number of aromatic nitrogens is 1. The van der Waals surface area contributed by atoms with E-state index in [1.165, 1.54) is 0 Å². The number of para-hydroxylation sites is 2. The van der Waals surface area contributed by atoms with Crippen LogP contribution < -0.4 is 4.74 Å². The number of ether oxygens (including phenoxy) is 1. The Balaban J connectivity index is 1.55. The van der Waals surface area contributed by atoms with Gasteiger partial charge in [-0.15, -0.1) is 0 Å². The molecule has 0 radical (unpaired) electrons. The minimum absolute atomic E-state index is 0.0856. The van der Waals surface area contributed by atoms with Crippen LogP contribution in [0.3, 0.4) is 0 Å². The van der Waals surface area contributed by atoms with Gasteiger partial charge in [0.2, 0.25) is 0 Å². The Bertz CT molecular complexity index is 1440. The Hall–Kier alpha value is -4.03. The Morgan fingerprint density at radius 3 is 2.52 bits per heavy atom. The van der Waals surface area contributed by atoms with Gasteiger partial charge in [-0.05, 0) is 52.4 Å². The van der Waals surface area contributed by atoms with Crippen LogP contribution in [-0.4, -0.2) is 16.1 Å². The van der Waals surface area contributed by atoms with Gasteiger partial charge in [-0.2, -0.15) is 0 Å². The third-order valence-corrected chi connectivity index (χ3v) is 5.99. The summed E-state index contributed by atoms with van der Waals surface area (Å²) >= 11 is 0.977. The fourth-order valence-corrected chi connectivity index (χ4v) is 4.27. The number of carbonyl (C=O) groups is 1. The molecule has 0 spiro atoms. The number of carboxylic acids is 1. The molecular weight excluding hydrogens is 434 g/mol. The maximum Gasteiger partial charge on any atom is 0.342 e. The van der Waals surface area contributed by atoms with Crippen molar-refractivity contribution < 1.29 is 19.1 Å². The monoisotopic (exact) mass is 453 g/mol. The van der Waals surface area contributed by atoms with E-state index >= 15 is 0 Å². The quantitative estimate of drug-likeness (QED) is 0.216. The third-order valence-electron chi connectivity index (χ3n) is 5.13. The minimum atomic E-state index is -1.07. The molecule has 0 atom stereocenters. The standard InChI is InChI=1S/C27H19NO4S/c29-26(30)25(33-27-28-22-12-6-7-13-24(22)32-27)16-21-20-11-5-4-10-19(20)14-15-23(21)31-17-18-8-2-1-3-9-18/h1-16H,17H2,(H,29,30)/b25-16-. The van der Waals surface area contributed by atoms with Crippen LogP contribution in [0.2, 0.25) is 0 Å². The van der Waals surface area contributed by atoms with Gasteiger partial charge in [0.05, 0.1) is 0 Å². The van der Waals surface area contributed by atoms with Gasteiger partial charge >= 0.3 is 5.97 Å². The smallest absolute Gasteiger partial charge is 0.342 e. The van der Waals surface area contributed by atoms with Gasteiger partial charge in [0, 0.05) is 5.56 Å². The lowest BCUT2D eigenvalue weighted by Crippen LogP contribution is -2.00. The van der Waals surface area contributed by atoms with E-state index in [9.17, 15) is 9.90 Å². The van der Waals surface area contributed by atoms with Crippen LogP contribution in [-0.2, 0) is 11.4 Å². The molecule has 4 aromatic carbocycles. The van der Waals surface area contributed by atoms with Crippen LogP contribution in [0, 0.1) is 0 Å². The predicted molar refractivity (Wildman–Crippen MR) is 130 cm³/mol. The second-order valence-corrected chi connectivity index (χ2v) is 8.33. The van der Waals surface area contributed by atoms with E-state index in [0.717, 1.165) is 28.1 Å². The molecule has 0 aliphatic heterocycles. The lowest BCUT2D eigenvalue weighted by atomic mass is 10.0. The summed E-state index contributed by atoms with van der Waals surface area (Å²) in [5.41, 5.74) is 3.02. The molecule has 0 unspecified atom stereocenters. The number of fused-ring (bicyclic) bond motifs is 2. The molecule has 1 N–H and O–H groups in total. The van der Waals surface area contributed by atoms with Crippen LogP contribution in [0.25, 0.3) is 27.9 Å². The average molecular weight is 454 g/mol. The molecule has 0 saturated carbocycles. The van der Waals surface area contributed by atoms with Crippen LogP contribution in [0.5, 0.6) is 5.75 Å². The summed E-state index contributed by atoms with van der Waals surface area (Å²) in [7, 11) is 0.